The van der Waals surface area contributed by atoms with Crippen molar-refractivity contribution in [2.75, 3.05) is 43.6 Å². The van der Waals surface area contributed by atoms with Crippen LogP contribution in [0.3, 0.4) is 0 Å². The van der Waals surface area contributed by atoms with Crippen LogP contribution in [0.4, 0.5) is 24.8 Å². The highest BCUT2D eigenvalue weighted by Gasteiger charge is 2.31. The molecule has 1 saturated heterocycles. The Morgan fingerprint density at radius 2 is 1.93 bits per heavy atom. The van der Waals surface area contributed by atoms with E-state index in [4.69, 9.17) is 4.74 Å². The van der Waals surface area contributed by atoms with Gasteiger partial charge in [0.1, 0.15) is 18.0 Å². The molecule has 0 radical (unpaired) electrons. The molecule has 2 aromatic rings. The van der Waals surface area contributed by atoms with E-state index in [2.05, 4.69) is 19.9 Å². The molecule has 3 rings (SSSR count). The van der Waals surface area contributed by atoms with Crippen LogP contribution in [0.15, 0.2) is 30.7 Å². The zero-order valence-electron chi connectivity index (χ0n) is 15.3. The fourth-order valence-corrected chi connectivity index (χ4v) is 3.24. The van der Waals surface area contributed by atoms with Gasteiger partial charge in [-0.15, -0.1) is 0 Å². The van der Waals surface area contributed by atoms with Gasteiger partial charge >= 0.3 is 6.18 Å². The summed E-state index contributed by atoms with van der Waals surface area (Å²) in [5.41, 5.74) is -0.674. The van der Waals surface area contributed by atoms with Crippen LogP contribution < -0.4 is 14.5 Å². The van der Waals surface area contributed by atoms with Crippen LogP contribution >= 0.6 is 0 Å². The van der Waals surface area contributed by atoms with Gasteiger partial charge in [-0.05, 0) is 30.9 Å². The van der Waals surface area contributed by atoms with E-state index in [1.807, 2.05) is 0 Å². The topological polar surface area (TPSA) is 54.4 Å². The van der Waals surface area contributed by atoms with Gasteiger partial charge < -0.3 is 14.5 Å². The number of anilines is 2. The van der Waals surface area contributed by atoms with E-state index < -0.39 is 11.7 Å². The summed E-state index contributed by atoms with van der Waals surface area (Å²) in [7, 11) is 3.35. The van der Waals surface area contributed by atoms with Crippen LogP contribution in [0, 0.1) is 5.92 Å². The number of piperidine rings is 1. The number of halogens is 3. The van der Waals surface area contributed by atoms with Gasteiger partial charge in [-0.1, -0.05) is 0 Å². The lowest BCUT2D eigenvalue weighted by molar-refractivity contribution is -0.137. The average molecular weight is 381 g/mol. The summed E-state index contributed by atoms with van der Waals surface area (Å²) in [5.74, 6) is 2.07. The minimum atomic E-state index is -4.36. The minimum Gasteiger partial charge on any atom is -0.481 e. The maximum atomic E-state index is 12.9. The molecule has 0 atom stereocenters. The number of hydrogen-bond acceptors (Lipinski definition) is 6. The normalized spacial score (nSPS) is 15.7. The first-order valence-corrected chi connectivity index (χ1v) is 8.72. The monoisotopic (exact) mass is 381 g/mol. The van der Waals surface area contributed by atoms with E-state index in [-0.39, 0.29) is 0 Å². The van der Waals surface area contributed by atoms with Crippen molar-refractivity contribution in [2.45, 2.75) is 19.0 Å². The van der Waals surface area contributed by atoms with Crippen LogP contribution in [0.5, 0.6) is 5.88 Å². The van der Waals surface area contributed by atoms with E-state index >= 15 is 0 Å². The minimum absolute atomic E-state index is 0.341. The summed E-state index contributed by atoms with van der Waals surface area (Å²) in [6, 6.07) is 3.90. The molecule has 0 spiro atoms. The zero-order chi connectivity index (χ0) is 19.4. The number of hydrogen-bond donors (Lipinski definition) is 0. The predicted molar refractivity (Wildman–Crippen MR) is 96.0 cm³/mol. The van der Waals surface area contributed by atoms with Gasteiger partial charge in [0.15, 0.2) is 0 Å². The number of nitrogens with zero attached hydrogens (tertiary/aromatic N) is 5. The second-order valence-electron chi connectivity index (χ2n) is 6.63. The lowest BCUT2D eigenvalue weighted by Gasteiger charge is -2.34. The van der Waals surface area contributed by atoms with Gasteiger partial charge in [0, 0.05) is 38.9 Å². The van der Waals surface area contributed by atoms with Crippen molar-refractivity contribution >= 4 is 11.6 Å². The van der Waals surface area contributed by atoms with Crippen LogP contribution in [0.2, 0.25) is 0 Å². The first-order chi connectivity index (χ1) is 12.9. The number of alkyl halides is 3. The van der Waals surface area contributed by atoms with E-state index in [0.29, 0.717) is 24.2 Å². The fraction of sp³-hybridized carbons (Fsp3) is 0.500. The fourth-order valence-electron chi connectivity index (χ4n) is 3.24. The summed E-state index contributed by atoms with van der Waals surface area (Å²) in [4.78, 5) is 16.3. The SMILES string of the molecule is COc1cc(N2CCC(CN(C)c3cc(C(F)(F)F)ccn3)CC2)ncn1. The predicted octanol–water partition coefficient (Wildman–Crippen LogP) is 3.25. The summed E-state index contributed by atoms with van der Waals surface area (Å²) in [6.07, 6.45) is 0.181. The first-order valence-electron chi connectivity index (χ1n) is 8.72. The van der Waals surface area contributed by atoms with Crippen molar-refractivity contribution in [3.05, 3.63) is 36.3 Å². The molecule has 1 fully saturated rings. The van der Waals surface area contributed by atoms with Crippen LogP contribution in [-0.2, 0) is 6.18 Å². The standard InChI is InChI=1S/C18H22F3N5O/c1-25(15-9-14(3-6-22-15)18(19,20)21)11-13-4-7-26(8-5-13)16-10-17(27-2)24-12-23-16/h3,6,9-10,12-13H,4-5,7-8,11H2,1-2H3. The molecule has 6 nitrogen and oxygen atoms in total. The third-order valence-corrected chi connectivity index (χ3v) is 4.77. The molecule has 0 bridgehead atoms. The molecular weight excluding hydrogens is 359 g/mol. The summed E-state index contributed by atoms with van der Waals surface area (Å²) in [5, 5.41) is 0. The third-order valence-electron chi connectivity index (χ3n) is 4.77. The second kappa shape index (κ2) is 7.98. The molecule has 2 aromatic heterocycles. The lowest BCUT2D eigenvalue weighted by Crippen LogP contribution is -2.38. The van der Waals surface area contributed by atoms with Crippen molar-refractivity contribution in [1.82, 2.24) is 15.0 Å². The van der Waals surface area contributed by atoms with Gasteiger partial charge in [0.25, 0.3) is 0 Å². The largest absolute Gasteiger partial charge is 0.481 e. The average Bonchev–Trinajstić information content (AvgIpc) is 2.68. The molecule has 27 heavy (non-hydrogen) atoms. The number of pyridine rings is 1. The Hall–Kier alpha value is -2.58. The molecule has 0 amide bonds. The highest BCUT2D eigenvalue weighted by atomic mass is 19.4. The Morgan fingerprint density at radius 1 is 1.19 bits per heavy atom. The molecule has 9 heteroatoms. The molecule has 1 aliphatic heterocycles. The molecule has 0 unspecified atom stereocenters. The highest BCUT2D eigenvalue weighted by Crippen LogP contribution is 2.31. The Kier molecular flexibility index (Phi) is 5.67. The van der Waals surface area contributed by atoms with Crippen LogP contribution in [-0.4, -0.2) is 48.7 Å². The van der Waals surface area contributed by atoms with Crippen molar-refractivity contribution in [3.8, 4) is 5.88 Å². The Labute approximate surface area is 156 Å². The van der Waals surface area contributed by atoms with Gasteiger partial charge in [-0.2, -0.15) is 13.2 Å². The smallest absolute Gasteiger partial charge is 0.416 e. The molecule has 3 heterocycles. The number of aromatic nitrogens is 3. The molecule has 1 aliphatic rings. The van der Waals surface area contributed by atoms with Gasteiger partial charge in [0.05, 0.1) is 12.7 Å². The maximum absolute atomic E-state index is 12.9. The molecule has 0 N–H and O–H groups in total. The van der Waals surface area contributed by atoms with Crippen molar-refractivity contribution < 1.29 is 17.9 Å². The number of ether oxygens (including phenoxy) is 1. The molecule has 146 valence electrons. The van der Waals surface area contributed by atoms with E-state index in [1.165, 1.54) is 12.5 Å². The van der Waals surface area contributed by atoms with E-state index in [9.17, 15) is 13.2 Å². The lowest BCUT2D eigenvalue weighted by atomic mass is 9.96. The summed E-state index contributed by atoms with van der Waals surface area (Å²) < 4.78 is 43.8. The first kappa shape index (κ1) is 19.2. The van der Waals surface area contributed by atoms with Gasteiger partial charge in [0.2, 0.25) is 5.88 Å². The van der Waals surface area contributed by atoms with Crippen molar-refractivity contribution in [2.24, 2.45) is 5.92 Å². The Balaban J connectivity index is 1.57. The molecule has 0 aromatic carbocycles. The summed E-state index contributed by atoms with van der Waals surface area (Å²) >= 11 is 0. The zero-order valence-corrected chi connectivity index (χ0v) is 15.3. The van der Waals surface area contributed by atoms with Crippen LogP contribution in [0.25, 0.3) is 0 Å². The summed E-state index contributed by atoms with van der Waals surface area (Å²) in [6.45, 7) is 2.32. The van der Waals surface area contributed by atoms with Gasteiger partial charge in [-0.3, -0.25) is 0 Å². The highest BCUT2D eigenvalue weighted by molar-refractivity contribution is 5.42. The Bertz CT molecular complexity index is 763. The number of methoxy groups -OCH3 is 1. The van der Waals surface area contributed by atoms with Crippen molar-refractivity contribution in [3.63, 3.8) is 0 Å². The van der Waals surface area contributed by atoms with Gasteiger partial charge in [-0.25, -0.2) is 15.0 Å². The molecule has 0 saturated carbocycles. The van der Waals surface area contributed by atoms with Crippen LogP contribution in [0.1, 0.15) is 18.4 Å². The van der Waals surface area contributed by atoms with Crippen molar-refractivity contribution in [1.29, 1.82) is 0 Å². The molecular formula is C18H22F3N5O. The van der Waals surface area contributed by atoms with E-state index in [1.54, 1.807) is 25.1 Å². The number of rotatable bonds is 5. The second-order valence-corrected chi connectivity index (χ2v) is 6.63. The quantitative estimate of drug-likeness (QED) is 0.793. The maximum Gasteiger partial charge on any atom is 0.416 e. The third kappa shape index (κ3) is 4.78. The van der Waals surface area contributed by atoms with E-state index in [0.717, 1.165) is 43.9 Å². The molecule has 0 aliphatic carbocycles. The Morgan fingerprint density at radius 3 is 2.59 bits per heavy atom.